The average molecular weight is 170 g/mol. The van der Waals surface area contributed by atoms with Crippen LogP contribution in [0.15, 0.2) is 0 Å². The summed E-state index contributed by atoms with van der Waals surface area (Å²) in [7, 11) is 0. The SMILES string of the molecule is O=C(O)[C@H]1C[C@H]2C[C@@H]1CC[C@@H]2O. The molecule has 0 aromatic rings. The third kappa shape index (κ3) is 1.12. The summed E-state index contributed by atoms with van der Waals surface area (Å²) in [6.07, 6.45) is 3.10. The molecule has 2 aliphatic carbocycles. The summed E-state index contributed by atoms with van der Waals surface area (Å²) >= 11 is 0. The van der Waals surface area contributed by atoms with Crippen molar-refractivity contribution in [1.29, 1.82) is 0 Å². The minimum absolute atomic E-state index is 0.174. The van der Waals surface area contributed by atoms with Gasteiger partial charge in [0, 0.05) is 0 Å². The Bertz CT molecular complexity index is 202. The summed E-state index contributed by atoms with van der Waals surface area (Å²) in [4.78, 5) is 10.8. The van der Waals surface area contributed by atoms with E-state index < -0.39 is 5.97 Å². The predicted octanol–water partition coefficient (Wildman–Crippen LogP) is 0.868. The first-order chi connectivity index (χ1) is 5.68. The smallest absolute Gasteiger partial charge is 0.306 e. The minimum Gasteiger partial charge on any atom is -0.481 e. The summed E-state index contributed by atoms with van der Waals surface area (Å²) in [6.45, 7) is 0. The molecule has 2 aliphatic rings. The number of aliphatic hydroxyl groups excluding tert-OH is 1. The van der Waals surface area contributed by atoms with E-state index in [0.717, 1.165) is 19.3 Å². The number of carboxylic acid groups (broad SMARTS) is 1. The molecular formula is C9H14O3. The molecule has 0 aromatic heterocycles. The van der Waals surface area contributed by atoms with Crippen LogP contribution >= 0.6 is 0 Å². The molecule has 2 rings (SSSR count). The number of aliphatic hydroxyl groups is 1. The molecule has 0 radical (unpaired) electrons. The molecule has 12 heavy (non-hydrogen) atoms. The monoisotopic (exact) mass is 170 g/mol. The highest BCUT2D eigenvalue weighted by Gasteiger charge is 2.44. The number of carbonyl (C=O) groups is 1. The largest absolute Gasteiger partial charge is 0.481 e. The standard InChI is InChI=1S/C9H14O3/c10-8-2-1-5-3-6(8)4-7(5)9(11)12/h5-8,10H,1-4H2,(H,11,12)/t5-,6+,7-,8-/m0/s1. The average Bonchev–Trinajstić information content (AvgIpc) is 2.37. The molecule has 68 valence electrons. The Labute approximate surface area is 71.4 Å². The molecule has 2 saturated carbocycles. The Morgan fingerprint density at radius 2 is 1.92 bits per heavy atom. The van der Waals surface area contributed by atoms with E-state index in [1.807, 2.05) is 0 Å². The fraction of sp³-hybridized carbons (Fsp3) is 0.889. The van der Waals surface area contributed by atoms with Gasteiger partial charge >= 0.3 is 5.97 Å². The Balaban J connectivity index is 2.10. The van der Waals surface area contributed by atoms with Crippen molar-refractivity contribution in [1.82, 2.24) is 0 Å². The number of hydrogen-bond acceptors (Lipinski definition) is 2. The van der Waals surface area contributed by atoms with Crippen LogP contribution in [0, 0.1) is 17.8 Å². The van der Waals surface area contributed by atoms with Crippen LogP contribution in [0.3, 0.4) is 0 Å². The number of fused-ring (bicyclic) bond motifs is 2. The first-order valence-electron chi connectivity index (χ1n) is 4.59. The number of rotatable bonds is 1. The van der Waals surface area contributed by atoms with Crippen molar-refractivity contribution in [2.45, 2.75) is 31.8 Å². The van der Waals surface area contributed by atoms with Gasteiger partial charge in [-0.25, -0.2) is 0 Å². The van der Waals surface area contributed by atoms with Gasteiger partial charge in [-0.2, -0.15) is 0 Å². The van der Waals surface area contributed by atoms with Crippen LogP contribution in [-0.2, 0) is 4.79 Å². The summed E-state index contributed by atoms with van der Waals surface area (Å²) in [6, 6.07) is 0. The van der Waals surface area contributed by atoms with Crippen molar-refractivity contribution < 1.29 is 15.0 Å². The maximum absolute atomic E-state index is 10.8. The summed E-state index contributed by atoms with van der Waals surface area (Å²) in [5, 5.41) is 18.4. The van der Waals surface area contributed by atoms with Gasteiger partial charge in [-0.3, -0.25) is 4.79 Å². The van der Waals surface area contributed by atoms with Crippen molar-refractivity contribution in [3.63, 3.8) is 0 Å². The molecule has 3 heteroatoms. The van der Waals surface area contributed by atoms with Crippen molar-refractivity contribution >= 4 is 5.97 Å². The Morgan fingerprint density at radius 3 is 2.50 bits per heavy atom. The van der Waals surface area contributed by atoms with Gasteiger partial charge in [0.25, 0.3) is 0 Å². The zero-order valence-electron chi connectivity index (χ0n) is 6.94. The van der Waals surface area contributed by atoms with Crippen LogP contribution in [0.2, 0.25) is 0 Å². The molecule has 0 spiro atoms. The zero-order chi connectivity index (χ0) is 8.72. The highest BCUT2D eigenvalue weighted by atomic mass is 16.4. The van der Waals surface area contributed by atoms with E-state index in [-0.39, 0.29) is 17.9 Å². The van der Waals surface area contributed by atoms with Crippen LogP contribution in [-0.4, -0.2) is 22.3 Å². The third-order valence-corrected chi connectivity index (χ3v) is 3.43. The summed E-state index contributed by atoms with van der Waals surface area (Å²) in [5.74, 6) is -0.232. The molecule has 0 aromatic carbocycles. The predicted molar refractivity (Wildman–Crippen MR) is 42.6 cm³/mol. The van der Waals surface area contributed by atoms with Gasteiger partial charge in [0.05, 0.1) is 12.0 Å². The van der Waals surface area contributed by atoms with Gasteiger partial charge < -0.3 is 10.2 Å². The second-order valence-corrected chi connectivity index (χ2v) is 4.08. The Kier molecular flexibility index (Phi) is 1.83. The molecule has 2 N–H and O–H groups in total. The van der Waals surface area contributed by atoms with Crippen molar-refractivity contribution in [2.24, 2.45) is 17.8 Å². The fourth-order valence-corrected chi connectivity index (χ4v) is 2.72. The van der Waals surface area contributed by atoms with Crippen LogP contribution in [0.4, 0.5) is 0 Å². The van der Waals surface area contributed by atoms with Crippen molar-refractivity contribution in [3.05, 3.63) is 0 Å². The summed E-state index contributed by atoms with van der Waals surface area (Å²) in [5.41, 5.74) is 0. The van der Waals surface area contributed by atoms with Crippen LogP contribution in [0.5, 0.6) is 0 Å². The molecule has 0 aliphatic heterocycles. The lowest BCUT2D eigenvalue weighted by Gasteiger charge is -2.24. The molecule has 0 saturated heterocycles. The molecule has 4 atom stereocenters. The fourth-order valence-electron chi connectivity index (χ4n) is 2.72. The molecule has 2 bridgehead atoms. The maximum Gasteiger partial charge on any atom is 0.306 e. The van der Waals surface area contributed by atoms with Crippen molar-refractivity contribution in [2.75, 3.05) is 0 Å². The molecule has 2 fully saturated rings. The molecule has 0 amide bonds. The van der Waals surface area contributed by atoms with Gasteiger partial charge in [-0.15, -0.1) is 0 Å². The zero-order valence-corrected chi connectivity index (χ0v) is 6.94. The normalized spacial score (nSPS) is 46.1. The lowest BCUT2D eigenvalue weighted by Crippen LogP contribution is -2.23. The van der Waals surface area contributed by atoms with E-state index in [2.05, 4.69) is 0 Å². The van der Waals surface area contributed by atoms with Crippen LogP contribution in [0.1, 0.15) is 25.7 Å². The minimum atomic E-state index is -0.670. The maximum atomic E-state index is 10.8. The van der Waals surface area contributed by atoms with E-state index >= 15 is 0 Å². The molecular weight excluding hydrogens is 156 g/mol. The van der Waals surface area contributed by atoms with E-state index in [9.17, 15) is 9.90 Å². The first-order valence-corrected chi connectivity index (χ1v) is 4.59. The van der Waals surface area contributed by atoms with Gasteiger partial charge in [0.1, 0.15) is 0 Å². The van der Waals surface area contributed by atoms with Crippen LogP contribution in [0.25, 0.3) is 0 Å². The van der Waals surface area contributed by atoms with Gasteiger partial charge in [-0.1, -0.05) is 0 Å². The quantitative estimate of drug-likeness (QED) is 0.614. The van der Waals surface area contributed by atoms with Gasteiger partial charge in [0.15, 0.2) is 0 Å². The lowest BCUT2D eigenvalue weighted by molar-refractivity contribution is -0.142. The van der Waals surface area contributed by atoms with E-state index in [1.54, 1.807) is 0 Å². The number of hydrogen-bond donors (Lipinski definition) is 2. The van der Waals surface area contributed by atoms with E-state index in [4.69, 9.17) is 5.11 Å². The molecule has 0 unspecified atom stereocenters. The second-order valence-electron chi connectivity index (χ2n) is 4.08. The van der Waals surface area contributed by atoms with E-state index in [1.165, 1.54) is 0 Å². The Morgan fingerprint density at radius 1 is 1.17 bits per heavy atom. The van der Waals surface area contributed by atoms with E-state index in [0.29, 0.717) is 12.3 Å². The first kappa shape index (κ1) is 8.05. The van der Waals surface area contributed by atoms with Crippen molar-refractivity contribution in [3.8, 4) is 0 Å². The van der Waals surface area contributed by atoms with Gasteiger partial charge in [0.2, 0.25) is 0 Å². The molecule has 3 nitrogen and oxygen atoms in total. The third-order valence-electron chi connectivity index (χ3n) is 3.43. The highest BCUT2D eigenvalue weighted by Crippen LogP contribution is 2.45. The summed E-state index contributed by atoms with van der Waals surface area (Å²) < 4.78 is 0. The second kappa shape index (κ2) is 2.73. The number of aliphatic carboxylic acids is 1. The lowest BCUT2D eigenvalue weighted by atomic mass is 9.85. The van der Waals surface area contributed by atoms with Crippen LogP contribution < -0.4 is 0 Å². The topological polar surface area (TPSA) is 57.5 Å². The highest BCUT2D eigenvalue weighted by molar-refractivity contribution is 5.70. The molecule has 0 heterocycles. The van der Waals surface area contributed by atoms with Gasteiger partial charge in [-0.05, 0) is 37.5 Å². The Hall–Kier alpha value is -0.570. The number of carboxylic acids is 1.